The fourth-order valence-corrected chi connectivity index (χ4v) is 5.31. The lowest BCUT2D eigenvalue weighted by Crippen LogP contribution is -2.32. The van der Waals surface area contributed by atoms with E-state index in [1.54, 1.807) is 42.7 Å². The molecule has 0 fully saturated rings. The maximum Gasteiger partial charge on any atom is 0.337 e. The normalized spacial score (nSPS) is 11.5. The van der Waals surface area contributed by atoms with Crippen molar-refractivity contribution in [2.45, 2.75) is 18.0 Å². The number of aromatic amines is 1. The predicted molar refractivity (Wildman–Crippen MR) is 136 cm³/mol. The van der Waals surface area contributed by atoms with Gasteiger partial charge in [-0.2, -0.15) is 4.31 Å². The Bertz CT molecular complexity index is 1600. The average molecular weight is 524 g/mol. The summed E-state index contributed by atoms with van der Waals surface area (Å²) in [5.41, 5.74) is 0.998. The minimum atomic E-state index is -4.15. The number of hydrogen-bond donors (Lipinski definition) is 1. The molecule has 10 nitrogen and oxygen atoms in total. The number of pyridine rings is 2. The van der Waals surface area contributed by atoms with Crippen LogP contribution in [0.1, 0.15) is 21.5 Å². The first-order chi connectivity index (χ1) is 17.8. The van der Waals surface area contributed by atoms with Crippen molar-refractivity contribution in [2.75, 3.05) is 21.3 Å². The molecule has 11 heteroatoms. The molecular weight excluding hydrogens is 498 g/mol. The number of nitrogens with one attached hydrogen (secondary N) is 1. The van der Waals surface area contributed by atoms with Gasteiger partial charge in [0.05, 0.1) is 37.3 Å². The van der Waals surface area contributed by atoms with Crippen LogP contribution in [0.4, 0.5) is 0 Å². The monoisotopic (exact) mass is 523 g/mol. The zero-order chi connectivity index (χ0) is 26.6. The van der Waals surface area contributed by atoms with Crippen LogP contribution in [-0.2, 0) is 27.8 Å². The molecule has 0 aliphatic heterocycles. The summed E-state index contributed by atoms with van der Waals surface area (Å²) >= 11 is 0. The lowest BCUT2D eigenvalue weighted by Gasteiger charge is -2.22. The molecule has 2 aromatic heterocycles. The van der Waals surface area contributed by atoms with E-state index in [0.717, 1.165) is 4.31 Å². The Morgan fingerprint density at radius 1 is 0.973 bits per heavy atom. The van der Waals surface area contributed by atoms with Crippen LogP contribution in [0.15, 0.2) is 76.7 Å². The maximum atomic E-state index is 13.8. The van der Waals surface area contributed by atoms with Crippen molar-refractivity contribution in [3.63, 3.8) is 0 Å². The Kier molecular flexibility index (Phi) is 7.55. The number of ether oxygens (including phenoxy) is 3. The van der Waals surface area contributed by atoms with Gasteiger partial charge in [0.25, 0.3) is 5.56 Å². The van der Waals surface area contributed by atoms with Crippen molar-refractivity contribution in [1.82, 2.24) is 14.3 Å². The molecule has 2 aromatic carbocycles. The fraction of sp³-hybridized carbons (Fsp3) is 0.192. The van der Waals surface area contributed by atoms with Gasteiger partial charge < -0.3 is 19.2 Å². The minimum Gasteiger partial charge on any atom is -0.493 e. The zero-order valence-electron chi connectivity index (χ0n) is 20.4. The number of esters is 1. The number of H-pyrrole nitrogens is 1. The number of fused-ring (bicyclic) bond motifs is 1. The summed E-state index contributed by atoms with van der Waals surface area (Å²) in [7, 11) is 0.0557. The Morgan fingerprint density at radius 3 is 2.41 bits per heavy atom. The van der Waals surface area contributed by atoms with E-state index >= 15 is 0 Å². The molecule has 0 bridgehead atoms. The van der Waals surface area contributed by atoms with Gasteiger partial charge in [-0.15, -0.1) is 0 Å². The molecule has 0 radical (unpaired) electrons. The highest BCUT2D eigenvalue weighted by Crippen LogP contribution is 2.31. The highest BCUT2D eigenvalue weighted by atomic mass is 32.2. The van der Waals surface area contributed by atoms with Crippen molar-refractivity contribution < 1.29 is 27.4 Å². The van der Waals surface area contributed by atoms with Crippen molar-refractivity contribution in [1.29, 1.82) is 0 Å². The second-order valence-corrected chi connectivity index (χ2v) is 10.0. The molecule has 0 saturated carbocycles. The number of aromatic nitrogens is 2. The molecule has 192 valence electrons. The molecule has 0 atom stereocenters. The van der Waals surface area contributed by atoms with Gasteiger partial charge >= 0.3 is 5.97 Å². The van der Waals surface area contributed by atoms with E-state index in [4.69, 9.17) is 14.2 Å². The molecular formula is C26H25N3O7S. The Morgan fingerprint density at radius 2 is 1.73 bits per heavy atom. The topological polar surface area (TPSA) is 128 Å². The first-order valence-corrected chi connectivity index (χ1v) is 12.6. The summed E-state index contributed by atoms with van der Waals surface area (Å²) in [5, 5.41) is 0.638. The van der Waals surface area contributed by atoms with Gasteiger partial charge in [0.1, 0.15) is 0 Å². The lowest BCUT2D eigenvalue weighted by atomic mass is 10.1. The second kappa shape index (κ2) is 10.8. The Balaban J connectivity index is 1.80. The third kappa shape index (κ3) is 5.47. The zero-order valence-corrected chi connectivity index (χ0v) is 21.2. The van der Waals surface area contributed by atoms with Gasteiger partial charge in [-0.25, -0.2) is 13.2 Å². The molecule has 0 spiro atoms. The van der Waals surface area contributed by atoms with Crippen molar-refractivity contribution >= 4 is 26.9 Å². The number of benzene rings is 2. The van der Waals surface area contributed by atoms with Crippen molar-refractivity contribution in [2.24, 2.45) is 0 Å². The van der Waals surface area contributed by atoms with E-state index in [-0.39, 0.29) is 29.1 Å². The number of methoxy groups -OCH3 is 3. The van der Waals surface area contributed by atoms with Gasteiger partial charge in [0, 0.05) is 42.5 Å². The molecule has 0 unspecified atom stereocenters. The highest BCUT2D eigenvalue weighted by Gasteiger charge is 2.27. The number of nitrogens with zero attached hydrogens (tertiary/aromatic N) is 2. The van der Waals surface area contributed by atoms with Crippen LogP contribution in [-0.4, -0.2) is 50.0 Å². The van der Waals surface area contributed by atoms with Crippen LogP contribution in [0.5, 0.6) is 11.5 Å². The summed E-state index contributed by atoms with van der Waals surface area (Å²) < 4.78 is 44.1. The van der Waals surface area contributed by atoms with Crippen LogP contribution in [0, 0.1) is 0 Å². The van der Waals surface area contributed by atoms with E-state index in [1.165, 1.54) is 45.6 Å². The average Bonchev–Trinajstić information content (AvgIpc) is 2.92. The summed E-state index contributed by atoms with van der Waals surface area (Å²) in [6.07, 6.45) is 3.13. The molecule has 0 saturated heterocycles. The first kappa shape index (κ1) is 25.9. The summed E-state index contributed by atoms with van der Waals surface area (Å²) in [5.74, 6) is 0.253. The van der Waals surface area contributed by atoms with Crippen LogP contribution < -0.4 is 15.0 Å². The van der Waals surface area contributed by atoms with E-state index in [9.17, 15) is 18.0 Å². The SMILES string of the molecule is COC(=O)c1cccc(S(=O)(=O)N(Cc2cccnc2)Cc2cc3cc(OC)c(OC)cc3[nH]c2=O)c1. The summed E-state index contributed by atoms with van der Waals surface area (Å²) in [6, 6.07) is 14.0. The Hall–Kier alpha value is -4.22. The molecule has 0 amide bonds. The third-order valence-corrected chi connectivity index (χ3v) is 7.53. The van der Waals surface area contributed by atoms with Gasteiger partial charge in [0.15, 0.2) is 11.5 Å². The van der Waals surface area contributed by atoms with Crippen molar-refractivity contribution in [3.8, 4) is 11.5 Å². The molecule has 37 heavy (non-hydrogen) atoms. The lowest BCUT2D eigenvalue weighted by molar-refractivity contribution is 0.0600. The smallest absolute Gasteiger partial charge is 0.337 e. The van der Waals surface area contributed by atoms with E-state index in [0.29, 0.717) is 28.0 Å². The van der Waals surface area contributed by atoms with Crippen LogP contribution in [0.2, 0.25) is 0 Å². The number of carbonyl (C=O) groups excluding carboxylic acids is 1. The third-order valence-electron chi connectivity index (χ3n) is 5.75. The summed E-state index contributed by atoms with van der Waals surface area (Å²) in [4.78, 5) is 31.8. The van der Waals surface area contributed by atoms with E-state index in [1.807, 2.05) is 0 Å². The first-order valence-electron chi connectivity index (χ1n) is 11.1. The standard InChI is InChI=1S/C26H25N3O7S/c1-34-23-12-19-10-20(25(30)28-22(19)13-24(23)35-2)16-29(15-17-6-5-9-27-14-17)37(32,33)21-8-4-7-18(11-21)26(31)36-3/h4-14H,15-16H2,1-3H3,(H,28,30). The second-order valence-electron chi connectivity index (χ2n) is 8.07. The summed E-state index contributed by atoms with van der Waals surface area (Å²) in [6.45, 7) is -0.290. The van der Waals surface area contributed by atoms with Gasteiger partial charge in [-0.05, 0) is 42.0 Å². The van der Waals surface area contributed by atoms with Gasteiger partial charge in [0.2, 0.25) is 10.0 Å². The maximum absolute atomic E-state index is 13.8. The fourth-order valence-electron chi connectivity index (χ4n) is 3.86. The molecule has 0 aliphatic carbocycles. The van der Waals surface area contributed by atoms with Gasteiger partial charge in [-0.1, -0.05) is 12.1 Å². The van der Waals surface area contributed by atoms with Crippen molar-refractivity contribution in [3.05, 3.63) is 94.0 Å². The Labute approximate surface area is 213 Å². The number of hydrogen-bond acceptors (Lipinski definition) is 8. The number of rotatable bonds is 9. The molecule has 1 N–H and O–H groups in total. The number of carbonyl (C=O) groups is 1. The van der Waals surface area contributed by atoms with Crippen LogP contribution >= 0.6 is 0 Å². The quantitative estimate of drug-likeness (QED) is 0.332. The van der Waals surface area contributed by atoms with E-state index < -0.39 is 21.6 Å². The molecule has 4 aromatic rings. The predicted octanol–water partition coefficient (Wildman–Crippen LogP) is 3.12. The molecule has 2 heterocycles. The van der Waals surface area contributed by atoms with E-state index in [2.05, 4.69) is 9.97 Å². The number of sulfonamides is 1. The minimum absolute atomic E-state index is 0.0535. The van der Waals surface area contributed by atoms with Crippen LogP contribution in [0.3, 0.4) is 0 Å². The molecule has 0 aliphatic rings. The highest BCUT2D eigenvalue weighted by molar-refractivity contribution is 7.89. The largest absolute Gasteiger partial charge is 0.493 e. The molecule has 4 rings (SSSR count). The van der Waals surface area contributed by atoms with Gasteiger partial charge in [-0.3, -0.25) is 9.78 Å². The van der Waals surface area contributed by atoms with Crippen LogP contribution in [0.25, 0.3) is 10.9 Å².